The lowest BCUT2D eigenvalue weighted by atomic mass is 10.3. The highest BCUT2D eigenvalue weighted by atomic mass is 16.4. The van der Waals surface area contributed by atoms with Crippen molar-refractivity contribution in [2.75, 3.05) is 0 Å². The van der Waals surface area contributed by atoms with Crippen LogP contribution in [0.25, 0.3) is 39.3 Å². The van der Waals surface area contributed by atoms with E-state index in [0.29, 0.717) is 35.8 Å². The number of pyridine rings is 1. The van der Waals surface area contributed by atoms with Gasteiger partial charge in [0.15, 0.2) is 11.6 Å². The number of furan rings is 1. The first-order chi connectivity index (χ1) is 13.8. The van der Waals surface area contributed by atoms with Gasteiger partial charge in [0.25, 0.3) is 0 Å². The van der Waals surface area contributed by atoms with Gasteiger partial charge in [-0.25, -0.2) is 9.97 Å². The summed E-state index contributed by atoms with van der Waals surface area (Å²) in [5.41, 5.74) is 3.15. The molecular formula is C19H15N7O2. The van der Waals surface area contributed by atoms with Gasteiger partial charge in [-0.1, -0.05) is 0 Å². The molecule has 28 heavy (non-hydrogen) atoms. The highest BCUT2D eigenvalue weighted by Gasteiger charge is 2.21. The summed E-state index contributed by atoms with van der Waals surface area (Å²) in [6.45, 7) is 0.324. The Morgan fingerprint density at radius 3 is 3.00 bits per heavy atom. The van der Waals surface area contributed by atoms with E-state index in [-0.39, 0.29) is 6.61 Å². The predicted molar refractivity (Wildman–Crippen MR) is 100 cm³/mol. The van der Waals surface area contributed by atoms with Crippen LogP contribution in [0, 0.1) is 11.3 Å². The van der Waals surface area contributed by atoms with E-state index in [2.05, 4.69) is 21.1 Å². The summed E-state index contributed by atoms with van der Waals surface area (Å²) in [6.07, 6.45) is 7.53. The van der Waals surface area contributed by atoms with Crippen molar-refractivity contribution in [2.24, 2.45) is 0 Å². The Labute approximate surface area is 158 Å². The fraction of sp³-hybridized carbons (Fsp3) is 0.158. The number of imidazole rings is 1. The maximum atomic E-state index is 9.35. The highest BCUT2D eigenvalue weighted by molar-refractivity contribution is 6.03. The average Bonchev–Trinajstić information content (AvgIpc) is 3.49. The molecule has 0 saturated carbocycles. The molecule has 0 saturated heterocycles. The SMILES string of the molecule is N#CCCn1cc(-n2c(-c3ccc(CO)o3)nc3cnc4[nH]ccc4c32)cn1. The molecule has 0 aromatic carbocycles. The third-order valence-corrected chi connectivity index (χ3v) is 4.57. The van der Waals surface area contributed by atoms with Crippen molar-refractivity contribution >= 4 is 22.1 Å². The standard InChI is InChI=1S/C19H15N7O2/c20-5-1-7-25-10-12(8-23-25)26-17-14-4-6-21-18(14)22-9-15(17)24-19(26)16-3-2-13(11-27)28-16/h2-4,6,8-10,27H,1,7,11H2,(H,21,22). The van der Waals surface area contributed by atoms with Gasteiger partial charge in [0, 0.05) is 17.8 Å². The Morgan fingerprint density at radius 2 is 2.18 bits per heavy atom. The van der Waals surface area contributed by atoms with Crippen molar-refractivity contribution in [3.05, 3.63) is 48.7 Å². The van der Waals surface area contributed by atoms with E-state index in [9.17, 15) is 5.11 Å². The number of aryl methyl sites for hydroxylation is 1. The second-order valence-corrected chi connectivity index (χ2v) is 6.30. The molecule has 0 spiro atoms. The maximum Gasteiger partial charge on any atom is 0.182 e. The third-order valence-electron chi connectivity index (χ3n) is 4.57. The summed E-state index contributed by atoms with van der Waals surface area (Å²) in [4.78, 5) is 12.3. The molecule has 0 fully saturated rings. The lowest BCUT2D eigenvalue weighted by molar-refractivity contribution is 0.248. The number of rotatable bonds is 5. The van der Waals surface area contributed by atoms with Crippen LogP contribution in [-0.4, -0.2) is 34.4 Å². The second-order valence-electron chi connectivity index (χ2n) is 6.30. The van der Waals surface area contributed by atoms with E-state index in [4.69, 9.17) is 14.7 Å². The van der Waals surface area contributed by atoms with Gasteiger partial charge in [-0.3, -0.25) is 9.25 Å². The molecule has 0 unspecified atom stereocenters. The Hall–Kier alpha value is -3.90. The van der Waals surface area contributed by atoms with Crippen molar-refractivity contribution in [3.8, 4) is 23.3 Å². The summed E-state index contributed by atoms with van der Waals surface area (Å²) in [5, 5.41) is 23.5. The second kappa shape index (κ2) is 6.37. The Morgan fingerprint density at radius 1 is 1.25 bits per heavy atom. The molecule has 5 aromatic rings. The van der Waals surface area contributed by atoms with E-state index in [1.54, 1.807) is 29.2 Å². The van der Waals surface area contributed by atoms with Crippen LogP contribution in [0.1, 0.15) is 12.2 Å². The molecule has 0 bridgehead atoms. The van der Waals surface area contributed by atoms with Crippen LogP contribution in [0.4, 0.5) is 0 Å². The number of nitriles is 1. The quantitative estimate of drug-likeness (QED) is 0.488. The Balaban J connectivity index is 1.78. The Bertz CT molecular complexity index is 1330. The van der Waals surface area contributed by atoms with Gasteiger partial charge < -0.3 is 14.5 Å². The van der Waals surface area contributed by atoms with Crippen LogP contribution in [0.3, 0.4) is 0 Å². The topological polar surface area (TPSA) is 121 Å². The number of aliphatic hydroxyl groups is 1. The van der Waals surface area contributed by atoms with E-state index < -0.39 is 0 Å². The predicted octanol–water partition coefficient (Wildman–Crippen LogP) is 2.76. The molecule has 5 rings (SSSR count). The first-order valence-electron chi connectivity index (χ1n) is 8.73. The lowest BCUT2D eigenvalue weighted by Gasteiger charge is -2.05. The molecule has 0 aliphatic carbocycles. The van der Waals surface area contributed by atoms with Gasteiger partial charge in [0.05, 0.1) is 42.6 Å². The van der Waals surface area contributed by atoms with E-state index in [0.717, 1.165) is 22.2 Å². The number of nitrogens with one attached hydrogen (secondary N) is 1. The highest BCUT2D eigenvalue weighted by Crippen LogP contribution is 2.32. The molecule has 5 heterocycles. The minimum Gasteiger partial charge on any atom is -0.455 e. The lowest BCUT2D eigenvalue weighted by Crippen LogP contribution is -1.98. The van der Waals surface area contributed by atoms with Gasteiger partial charge in [-0.05, 0) is 18.2 Å². The van der Waals surface area contributed by atoms with Crippen LogP contribution in [0.2, 0.25) is 0 Å². The van der Waals surface area contributed by atoms with Gasteiger partial charge in [-0.2, -0.15) is 10.4 Å². The van der Waals surface area contributed by atoms with Crippen LogP contribution in [-0.2, 0) is 13.2 Å². The van der Waals surface area contributed by atoms with Crippen molar-refractivity contribution in [3.63, 3.8) is 0 Å². The zero-order valence-corrected chi connectivity index (χ0v) is 14.7. The number of hydrogen-bond acceptors (Lipinski definition) is 6. The summed E-state index contributed by atoms with van der Waals surface area (Å²) >= 11 is 0. The largest absolute Gasteiger partial charge is 0.455 e. The molecule has 2 N–H and O–H groups in total. The van der Waals surface area contributed by atoms with Crippen LogP contribution >= 0.6 is 0 Å². The number of H-pyrrole nitrogens is 1. The molecule has 0 radical (unpaired) electrons. The smallest absolute Gasteiger partial charge is 0.182 e. The van der Waals surface area contributed by atoms with Crippen molar-refractivity contribution in [2.45, 2.75) is 19.6 Å². The number of aliphatic hydroxyl groups excluding tert-OH is 1. The van der Waals surface area contributed by atoms with Gasteiger partial charge in [0.1, 0.15) is 23.5 Å². The first-order valence-corrected chi connectivity index (χ1v) is 8.73. The first kappa shape index (κ1) is 16.3. The molecule has 138 valence electrons. The fourth-order valence-electron chi connectivity index (χ4n) is 3.32. The molecule has 0 amide bonds. The van der Waals surface area contributed by atoms with E-state index >= 15 is 0 Å². The third kappa shape index (κ3) is 2.47. The number of fused-ring (bicyclic) bond motifs is 3. The molecule has 0 atom stereocenters. The van der Waals surface area contributed by atoms with Crippen LogP contribution in [0.5, 0.6) is 0 Å². The van der Waals surface area contributed by atoms with Gasteiger partial charge >= 0.3 is 0 Å². The zero-order chi connectivity index (χ0) is 19.1. The van der Waals surface area contributed by atoms with Crippen molar-refractivity contribution < 1.29 is 9.52 Å². The molecule has 9 nitrogen and oxygen atoms in total. The Kier molecular flexibility index (Phi) is 3.70. The summed E-state index contributed by atoms with van der Waals surface area (Å²) in [5.74, 6) is 1.59. The normalized spacial score (nSPS) is 11.4. The number of aromatic amines is 1. The molecule has 0 aliphatic rings. The monoisotopic (exact) mass is 373 g/mol. The summed E-state index contributed by atoms with van der Waals surface area (Å²) in [6, 6.07) is 7.58. The maximum absolute atomic E-state index is 9.35. The minimum absolute atomic E-state index is 0.185. The van der Waals surface area contributed by atoms with Crippen LogP contribution in [0.15, 0.2) is 47.4 Å². The summed E-state index contributed by atoms with van der Waals surface area (Å²) in [7, 11) is 0. The molecule has 9 heteroatoms. The fourth-order valence-corrected chi connectivity index (χ4v) is 3.32. The van der Waals surface area contributed by atoms with E-state index in [1.165, 1.54) is 0 Å². The van der Waals surface area contributed by atoms with Gasteiger partial charge in [-0.15, -0.1) is 0 Å². The molecular weight excluding hydrogens is 358 g/mol. The number of hydrogen-bond donors (Lipinski definition) is 2. The summed E-state index contributed by atoms with van der Waals surface area (Å²) < 4.78 is 9.43. The molecule has 5 aromatic heterocycles. The van der Waals surface area contributed by atoms with Crippen LogP contribution < -0.4 is 0 Å². The molecule has 0 aliphatic heterocycles. The van der Waals surface area contributed by atoms with Crippen molar-refractivity contribution in [1.82, 2.24) is 29.3 Å². The number of nitrogens with zero attached hydrogens (tertiary/aromatic N) is 6. The van der Waals surface area contributed by atoms with Crippen molar-refractivity contribution in [1.29, 1.82) is 5.26 Å². The van der Waals surface area contributed by atoms with Gasteiger partial charge in [0.2, 0.25) is 0 Å². The average molecular weight is 373 g/mol. The zero-order valence-electron chi connectivity index (χ0n) is 14.7. The number of aromatic nitrogens is 6. The van der Waals surface area contributed by atoms with E-state index in [1.807, 2.05) is 23.0 Å². The minimum atomic E-state index is -0.185.